The molecule has 1 aromatic heterocycles. The number of aromatic nitrogens is 2. The third kappa shape index (κ3) is 4.57. The quantitative estimate of drug-likeness (QED) is 0.759. The van der Waals surface area contributed by atoms with E-state index < -0.39 is 0 Å². The molecule has 0 aliphatic rings. The highest BCUT2D eigenvalue weighted by Gasteiger charge is 2.16. The van der Waals surface area contributed by atoms with Crippen LogP contribution in [0, 0.1) is 6.92 Å². The van der Waals surface area contributed by atoms with Gasteiger partial charge >= 0.3 is 0 Å². The first-order chi connectivity index (χ1) is 10.1. The second-order valence-electron chi connectivity index (χ2n) is 4.82. The molecule has 2 rings (SSSR count). The normalized spacial score (nSPS) is 12.6. The zero-order valence-electron chi connectivity index (χ0n) is 12.3. The SMILES string of the molecule is COCCn1ncc(Br)c1C(N)CSc1ccc(C)cc1. The maximum Gasteiger partial charge on any atom is 0.0703 e. The fourth-order valence-corrected chi connectivity index (χ4v) is 3.44. The minimum absolute atomic E-state index is 0.0787. The van der Waals surface area contributed by atoms with E-state index in [1.165, 1.54) is 10.5 Å². The Balaban J connectivity index is 2.01. The molecule has 2 N–H and O–H groups in total. The lowest BCUT2D eigenvalue weighted by molar-refractivity contribution is 0.182. The molecule has 0 amide bonds. The van der Waals surface area contributed by atoms with E-state index in [9.17, 15) is 0 Å². The summed E-state index contributed by atoms with van der Waals surface area (Å²) >= 11 is 5.29. The van der Waals surface area contributed by atoms with Gasteiger partial charge in [0.15, 0.2) is 0 Å². The van der Waals surface area contributed by atoms with Crippen molar-refractivity contribution in [1.82, 2.24) is 9.78 Å². The summed E-state index contributed by atoms with van der Waals surface area (Å²) in [6.07, 6.45) is 1.79. The third-order valence-corrected chi connectivity index (χ3v) is 4.88. The summed E-state index contributed by atoms with van der Waals surface area (Å²) in [6, 6.07) is 8.41. The van der Waals surface area contributed by atoms with Crippen molar-refractivity contribution in [1.29, 1.82) is 0 Å². The Labute approximate surface area is 138 Å². The number of rotatable bonds is 7. The second kappa shape index (κ2) is 7.98. The molecule has 0 aliphatic carbocycles. The number of methoxy groups -OCH3 is 1. The highest BCUT2D eigenvalue weighted by molar-refractivity contribution is 9.10. The minimum atomic E-state index is -0.0787. The molecule has 1 atom stereocenters. The van der Waals surface area contributed by atoms with Crippen molar-refractivity contribution in [2.24, 2.45) is 5.73 Å². The zero-order chi connectivity index (χ0) is 15.2. The smallest absolute Gasteiger partial charge is 0.0703 e. The molecular formula is C15H20BrN3OS. The van der Waals surface area contributed by atoms with E-state index in [1.807, 2.05) is 4.68 Å². The molecular weight excluding hydrogens is 350 g/mol. The van der Waals surface area contributed by atoms with Crippen LogP contribution < -0.4 is 5.73 Å². The van der Waals surface area contributed by atoms with E-state index in [-0.39, 0.29) is 6.04 Å². The maximum absolute atomic E-state index is 6.34. The lowest BCUT2D eigenvalue weighted by Crippen LogP contribution is -2.20. The fourth-order valence-electron chi connectivity index (χ4n) is 2.00. The van der Waals surface area contributed by atoms with Gasteiger partial charge in [0.05, 0.1) is 35.6 Å². The van der Waals surface area contributed by atoms with Crippen LogP contribution in [0.25, 0.3) is 0 Å². The van der Waals surface area contributed by atoms with Gasteiger partial charge in [0.25, 0.3) is 0 Å². The Morgan fingerprint density at radius 2 is 2.10 bits per heavy atom. The van der Waals surface area contributed by atoms with Crippen LogP contribution >= 0.6 is 27.7 Å². The Hall–Kier alpha value is -0.820. The maximum atomic E-state index is 6.34. The van der Waals surface area contributed by atoms with Crippen LogP contribution in [-0.2, 0) is 11.3 Å². The van der Waals surface area contributed by atoms with Crippen molar-refractivity contribution in [3.05, 3.63) is 46.2 Å². The van der Waals surface area contributed by atoms with Gasteiger partial charge in [0.2, 0.25) is 0 Å². The summed E-state index contributed by atoms with van der Waals surface area (Å²) < 4.78 is 7.97. The molecule has 0 saturated carbocycles. The number of halogens is 1. The van der Waals surface area contributed by atoms with Crippen LogP contribution in [0.2, 0.25) is 0 Å². The number of aryl methyl sites for hydroxylation is 1. The monoisotopic (exact) mass is 369 g/mol. The van der Waals surface area contributed by atoms with Gasteiger partial charge in [-0.05, 0) is 35.0 Å². The molecule has 114 valence electrons. The first-order valence-corrected chi connectivity index (χ1v) is 8.55. The second-order valence-corrected chi connectivity index (χ2v) is 6.77. The number of benzene rings is 1. The average molecular weight is 370 g/mol. The van der Waals surface area contributed by atoms with Crippen molar-refractivity contribution >= 4 is 27.7 Å². The van der Waals surface area contributed by atoms with Gasteiger partial charge in [0.1, 0.15) is 0 Å². The van der Waals surface area contributed by atoms with Crippen molar-refractivity contribution in [2.45, 2.75) is 24.4 Å². The van der Waals surface area contributed by atoms with Gasteiger partial charge in [-0.1, -0.05) is 17.7 Å². The van der Waals surface area contributed by atoms with Crippen LogP contribution in [0.5, 0.6) is 0 Å². The number of nitrogens with two attached hydrogens (primary N) is 1. The Morgan fingerprint density at radius 3 is 2.76 bits per heavy atom. The van der Waals surface area contributed by atoms with Crippen molar-refractivity contribution < 1.29 is 4.74 Å². The lowest BCUT2D eigenvalue weighted by Gasteiger charge is -2.15. The van der Waals surface area contributed by atoms with E-state index in [0.717, 1.165) is 15.9 Å². The Morgan fingerprint density at radius 1 is 1.38 bits per heavy atom. The number of hydrogen-bond donors (Lipinski definition) is 1. The summed E-state index contributed by atoms with van der Waals surface area (Å²) in [5, 5.41) is 4.34. The van der Waals surface area contributed by atoms with E-state index in [4.69, 9.17) is 10.5 Å². The molecule has 0 radical (unpaired) electrons. The largest absolute Gasteiger partial charge is 0.383 e. The summed E-state index contributed by atoms with van der Waals surface area (Å²) in [4.78, 5) is 1.23. The molecule has 0 spiro atoms. The molecule has 0 saturated heterocycles. The zero-order valence-corrected chi connectivity index (χ0v) is 14.7. The fraction of sp³-hybridized carbons (Fsp3) is 0.400. The average Bonchev–Trinajstić information content (AvgIpc) is 2.85. The Bertz CT molecular complexity index is 571. The summed E-state index contributed by atoms with van der Waals surface area (Å²) in [5.41, 5.74) is 8.63. The topological polar surface area (TPSA) is 53.1 Å². The molecule has 1 heterocycles. The molecule has 6 heteroatoms. The first-order valence-electron chi connectivity index (χ1n) is 6.77. The van der Waals surface area contributed by atoms with Gasteiger partial charge in [-0.3, -0.25) is 4.68 Å². The van der Waals surface area contributed by atoms with Gasteiger partial charge in [0, 0.05) is 17.8 Å². The molecule has 2 aromatic rings. The van der Waals surface area contributed by atoms with Gasteiger partial charge in [-0.2, -0.15) is 5.10 Å². The number of nitrogens with zero attached hydrogens (tertiary/aromatic N) is 2. The molecule has 1 unspecified atom stereocenters. The van der Waals surface area contributed by atoms with E-state index in [2.05, 4.69) is 52.2 Å². The molecule has 1 aromatic carbocycles. The van der Waals surface area contributed by atoms with Crippen molar-refractivity contribution in [3.63, 3.8) is 0 Å². The summed E-state index contributed by atoms with van der Waals surface area (Å²) in [6.45, 7) is 3.42. The van der Waals surface area contributed by atoms with E-state index in [0.29, 0.717) is 13.2 Å². The Kier molecular flexibility index (Phi) is 6.29. The highest BCUT2D eigenvalue weighted by atomic mass is 79.9. The molecule has 4 nitrogen and oxygen atoms in total. The van der Waals surface area contributed by atoms with Gasteiger partial charge in [-0.25, -0.2) is 0 Å². The summed E-state index contributed by atoms with van der Waals surface area (Å²) in [5.74, 6) is 0.806. The van der Waals surface area contributed by atoms with Crippen LogP contribution in [0.15, 0.2) is 39.8 Å². The van der Waals surface area contributed by atoms with Crippen molar-refractivity contribution in [2.75, 3.05) is 19.5 Å². The minimum Gasteiger partial charge on any atom is -0.383 e. The highest BCUT2D eigenvalue weighted by Crippen LogP contribution is 2.27. The molecule has 0 fully saturated rings. The van der Waals surface area contributed by atoms with Gasteiger partial charge < -0.3 is 10.5 Å². The lowest BCUT2D eigenvalue weighted by atomic mass is 10.2. The first kappa shape index (κ1) is 16.5. The summed E-state index contributed by atoms with van der Waals surface area (Å²) in [7, 11) is 1.69. The van der Waals surface area contributed by atoms with Crippen LogP contribution in [0.1, 0.15) is 17.3 Å². The number of hydrogen-bond acceptors (Lipinski definition) is 4. The third-order valence-electron chi connectivity index (χ3n) is 3.14. The molecule has 21 heavy (non-hydrogen) atoms. The standard InChI is InChI=1S/C15H20BrN3OS/c1-11-3-5-12(6-4-11)21-10-14(17)15-13(16)9-18-19(15)7-8-20-2/h3-6,9,14H,7-8,10,17H2,1-2H3. The van der Waals surface area contributed by atoms with E-state index in [1.54, 1.807) is 25.1 Å². The predicted molar refractivity (Wildman–Crippen MR) is 90.6 cm³/mol. The number of ether oxygens (including phenoxy) is 1. The molecule has 0 aliphatic heterocycles. The van der Waals surface area contributed by atoms with Gasteiger partial charge in [-0.15, -0.1) is 11.8 Å². The van der Waals surface area contributed by atoms with Crippen LogP contribution in [0.3, 0.4) is 0 Å². The predicted octanol–water partition coefficient (Wildman–Crippen LogP) is 3.39. The van der Waals surface area contributed by atoms with Crippen LogP contribution in [0.4, 0.5) is 0 Å². The van der Waals surface area contributed by atoms with Crippen LogP contribution in [-0.4, -0.2) is 29.3 Å². The van der Waals surface area contributed by atoms with E-state index >= 15 is 0 Å². The molecule has 0 bridgehead atoms. The van der Waals surface area contributed by atoms with Crippen molar-refractivity contribution in [3.8, 4) is 0 Å². The number of thioether (sulfide) groups is 1.